The van der Waals surface area contributed by atoms with Crippen LogP contribution in [0.15, 0.2) is 0 Å². The molecule has 0 atom stereocenters. The molecule has 0 aromatic heterocycles. The Morgan fingerprint density at radius 1 is 1.25 bits per heavy atom. The van der Waals surface area contributed by atoms with E-state index in [-0.39, 0.29) is 63.4 Å². The Morgan fingerprint density at radius 3 is 1.25 bits per heavy atom. The van der Waals surface area contributed by atoms with Crippen LogP contribution in [-0.2, 0) is 16.5 Å². The summed E-state index contributed by atoms with van der Waals surface area (Å²) in [5.74, 6) is 0. The van der Waals surface area contributed by atoms with E-state index in [4.69, 9.17) is 4.55 Å². The van der Waals surface area contributed by atoms with Crippen molar-refractivity contribution in [2.45, 2.75) is 0 Å². The molecular weight excluding hydrogens is 280 g/mol. The van der Waals surface area contributed by atoms with Gasteiger partial charge in [0.1, 0.15) is 0 Å². The Bertz CT molecular complexity index is 8.00. The second kappa shape index (κ2) is 18.4. The normalized spacial score (nSPS) is 1.50. The minimum atomic E-state index is 0. The van der Waals surface area contributed by atoms with E-state index < -0.39 is 0 Å². The van der Waals surface area contributed by atoms with Gasteiger partial charge in [-0.3, -0.25) is 0 Å². The SMILES string of the molecule is OS.[Ni].[Yb]. The van der Waals surface area contributed by atoms with Gasteiger partial charge in [-0.05, 0) is 12.9 Å². The Hall–Kier alpha value is 2.32. The van der Waals surface area contributed by atoms with Gasteiger partial charge in [0.05, 0.1) is 0 Å². The van der Waals surface area contributed by atoms with E-state index in [1.54, 1.807) is 0 Å². The van der Waals surface area contributed by atoms with Crippen molar-refractivity contribution in [2.24, 2.45) is 0 Å². The van der Waals surface area contributed by atoms with Crippen molar-refractivity contribution in [3.63, 3.8) is 0 Å². The first-order valence-electron chi connectivity index (χ1n) is 0.200. The maximum atomic E-state index is 6.69. The molecule has 0 spiro atoms. The summed E-state index contributed by atoms with van der Waals surface area (Å²) in [6.45, 7) is 0. The summed E-state index contributed by atoms with van der Waals surface area (Å²) in [5.41, 5.74) is 0. The minimum absolute atomic E-state index is 0. The Balaban J connectivity index is -0.00000000500. The summed E-state index contributed by atoms with van der Waals surface area (Å²) < 4.78 is 6.69. The molecule has 0 radical (unpaired) electrons. The topological polar surface area (TPSA) is 20.2 Å². The van der Waals surface area contributed by atoms with Crippen LogP contribution >= 0.6 is 12.9 Å². The van der Waals surface area contributed by atoms with E-state index in [1.807, 2.05) is 0 Å². The van der Waals surface area contributed by atoms with E-state index in [0.29, 0.717) is 0 Å². The van der Waals surface area contributed by atoms with Crippen LogP contribution in [0.2, 0.25) is 0 Å². The van der Waals surface area contributed by atoms with Crippen molar-refractivity contribution in [3.05, 3.63) is 0 Å². The van der Waals surface area contributed by atoms with Crippen molar-refractivity contribution in [3.8, 4) is 0 Å². The summed E-state index contributed by atoms with van der Waals surface area (Å²) in [7, 11) is 0. The van der Waals surface area contributed by atoms with Crippen LogP contribution in [0.1, 0.15) is 0 Å². The van der Waals surface area contributed by atoms with Gasteiger partial charge in [0.2, 0.25) is 0 Å². The first-order chi connectivity index (χ1) is 1.00. The summed E-state index contributed by atoms with van der Waals surface area (Å²) in [6, 6.07) is 0. The minimum Gasteiger partial charge on any atom is -0.333 e. The first kappa shape index (κ1) is 16.2. The third-order valence-corrected chi connectivity index (χ3v) is 0. The van der Waals surface area contributed by atoms with E-state index in [1.165, 1.54) is 0 Å². The molecule has 4 heteroatoms. The molecule has 0 aliphatic rings. The van der Waals surface area contributed by atoms with E-state index >= 15 is 0 Å². The zero-order valence-electron chi connectivity index (χ0n) is 1.48. The zero-order chi connectivity index (χ0) is 2.00. The maximum absolute atomic E-state index is 6.69. The molecule has 0 unspecified atom stereocenters. The Labute approximate surface area is 79.3 Å². The van der Waals surface area contributed by atoms with E-state index in [9.17, 15) is 0 Å². The van der Waals surface area contributed by atoms with Gasteiger partial charge in [-0.15, -0.1) is 0 Å². The van der Waals surface area contributed by atoms with Crippen molar-refractivity contribution < 1.29 is 68.0 Å². The van der Waals surface area contributed by atoms with Crippen LogP contribution in [0.3, 0.4) is 0 Å². The van der Waals surface area contributed by atoms with Crippen LogP contribution in [0.4, 0.5) is 0 Å². The van der Waals surface area contributed by atoms with Crippen molar-refractivity contribution >= 4 is 12.9 Å². The third kappa shape index (κ3) is 8.85. The molecule has 0 aliphatic carbocycles. The molecular formula is H2NiOSYb. The average Bonchev–Trinajstić information content (AvgIpc) is 1.00. The molecule has 0 aromatic rings. The summed E-state index contributed by atoms with van der Waals surface area (Å²) >= 11 is 2.53. The monoisotopic (exact) mass is 282 g/mol. The van der Waals surface area contributed by atoms with Gasteiger partial charge in [-0.1, -0.05) is 0 Å². The molecule has 0 aromatic carbocycles. The predicted octanol–water partition coefficient (Wildman–Crippen LogP) is 0.387. The van der Waals surface area contributed by atoms with Gasteiger partial charge in [-0.2, -0.15) is 0 Å². The number of thiol groups is 1. The molecule has 0 heterocycles. The maximum Gasteiger partial charge on any atom is 0 e. The Kier molecular flexibility index (Phi) is 74.8. The Morgan fingerprint density at radius 2 is 1.25 bits per heavy atom. The molecule has 0 rings (SSSR count). The standard InChI is InChI=1S/Ni.H2OS.Yb/c;1-2;/h;1-2H;. The number of rotatable bonds is 0. The largest absolute Gasteiger partial charge is 0.333 e. The molecule has 38 valence electrons. The molecule has 0 fully saturated rings. The predicted molar refractivity (Wildman–Crippen MR) is 11.6 cm³/mol. The van der Waals surface area contributed by atoms with Gasteiger partial charge in [0.15, 0.2) is 0 Å². The van der Waals surface area contributed by atoms with Gasteiger partial charge in [0.25, 0.3) is 0 Å². The van der Waals surface area contributed by atoms with Crippen LogP contribution in [0, 0.1) is 46.9 Å². The van der Waals surface area contributed by atoms with E-state index in [2.05, 4.69) is 12.9 Å². The number of hydrogen-bond donors (Lipinski definition) is 2. The summed E-state index contributed by atoms with van der Waals surface area (Å²) in [4.78, 5) is 0. The average molecular weight is 282 g/mol. The van der Waals surface area contributed by atoms with Gasteiger partial charge in [-0.25, -0.2) is 0 Å². The van der Waals surface area contributed by atoms with Crippen molar-refractivity contribution in [2.75, 3.05) is 0 Å². The fourth-order valence-electron chi connectivity index (χ4n) is 0. The van der Waals surface area contributed by atoms with Crippen LogP contribution in [0.25, 0.3) is 0 Å². The molecule has 1 N–H and O–H groups in total. The first-order valence-corrected chi connectivity index (χ1v) is 0.600. The second-order valence-electron chi connectivity index (χ2n) is 0. The fraction of sp³-hybridized carbons (Fsp3) is 0. The second-order valence-corrected chi connectivity index (χ2v) is 0. The van der Waals surface area contributed by atoms with Gasteiger partial charge >= 0.3 is 0 Å². The van der Waals surface area contributed by atoms with Crippen molar-refractivity contribution in [1.82, 2.24) is 0 Å². The fourth-order valence-corrected chi connectivity index (χ4v) is 0. The molecule has 0 saturated carbocycles. The summed E-state index contributed by atoms with van der Waals surface area (Å²) in [6.07, 6.45) is 0. The van der Waals surface area contributed by atoms with Gasteiger partial charge in [0, 0.05) is 63.4 Å². The number of hydrogen-bond acceptors (Lipinski definition) is 2. The molecule has 0 saturated heterocycles. The summed E-state index contributed by atoms with van der Waals surface area (Å²) in [5, 5.41) is 0. The van der Waals surface area contributed by atoms with Gasteiger partial charge < -0.3 is 4.55 Å². The molecule has 0 bridgehead atoms. The smallest absolute Gasteiger partial charge is 0 e. The van der Waals surface area contributed by atoms with E-state index in [0.717, 1.165) is 0 Å². The molecule has 0 amide bonds. The molecule has 0 aliphatic heterocycles. The quantitative estimate of drug-likeness (QED) is 0.374. The van der Waals surface area contributed by atoms with Crippen molar-refractivity contribution in [1.29, 1.82) is 0 Å². The third-order valence-electron chi connectivity index (χ3n) is 0. The van der Waals surface area contributed by atoms with Crippen LogP contribution in [0.5, 0.6) is 0 Å². The van der Waals surface area contributed by atoms with Crippen LogP contribution in [-0.4, -0.2) is 4.55 Å². The molecule has 1 nitrogen and oxygen atoms in total. The van der Waals surface area contributed by atoms with Crippen LogP contribution < -0.4 is 0 Å². The molecule has 4 heavy (non-hydrogen) atoms. The zero-order valence-corrected chi connectivity index (χ0v) is 5.07.